The monoisotopic (exact) mass is 490 g/mol. The van der Waals surface area contributed by atoms with Crippen molar-refractivity contribution in [1.82, 2.24) is 14.8 Å². The first-order valence-corrected chi connectivity index (χ1v) is 10.1. The van der Waals surface area contributed by atoms with Gasteiger partial charge in [-0.15, -0.1) is 10.2 Å². The predicted molar refractivity (Wildman–Crippen MR) is 109 cm³/mol. The normalized spacial score (nSPS) is 12.0. The molecule has 1 aromatic heterocycles. The van der Waals surface area contributed by atoms with E-state index in [0.29, 0.717) is 34.4 Å². The second kappa shape index (κ2) is 9.33. The van der Waals surface area contributed by atoms with E-state index < -0.39 is 35.1 Å². The van der Waals surface area contributed by atoms with Gasteiger partial charge >= 0.3 is 12.4 Å². The number of halogens is 6. The number of carbonyl (C=O) groups excluding carboxylic acids is 1. The third-order valence-electron chi connectivity index (χ3n) is 4.39. The van der Waals surface area contributed by atoms with E-state index in [0.717, 1.165) is 11.8 Å². The van der Waals surface area contributed by atoms with Crippen LogP contribution in [0, 0.1) is 0 Å². The van der Waals surface area contributed by atoms with Crippen LogP contribution in [0.4, 0.5) is 32.0 Å². The first kappa shape index (κ1) is 24.4. The van der Waals surface area contributed by atoms with Gasteiger partial charge in [-0.3, -0.25) is 4.79 Å². The largest absolute Gasteiger partial charge is 0.496 e. The number of para-hydroxylation sites is 1. The minimum Gasteiger partial charge on any atom is -0.496 e. The summed E-state index contributed by atoms with van der Waals surface area (Å²) in [6.45, 7) is 0. The van der Waals surface area contributed by atoms with Crippen molar-refractivity contribution in [2.75, 3.05) is 18.2 Å². The van der Waals surface area contributed by atoms with Gasteiger partial charge in [-0.1, -0.05) is 23.9 Å². The first-order valence-electron chi connectivity index (χ1n) is 9.15. The van der Waals surface area contributed by atoms with E-state index in [1.54, 1.807) is 35.9 Å². The molecule has 0 aliphatic heterocycles. The van der Waals surface area contributed by atoms with E-state index in [9.17, 15) is 31.1 Å². The van der Waals surface area contributed by atoms with Crippen LogP contribution >= 0.6 is 11.8 Å². The van der Waals surface area contributed by atoms with Gasteiger partial charge in [0.15, 0.2) is 11.0 Å². The molecule has 33 heavy (non-hydrogen) atoms. The number of nitrogens with zero attached hydrogens (tertiary/aromatic N) is 3. The van der Waals surface area contributed by atoms with E-state index in [4.69, 9.17) is 4.74 Å². The highest BCUT2D eigenvalue weighted by Gasteiger charge is 2.37. The van der Waals surface area contributed by atoms with E-state index in [2.05, 4.69) is 15.5 Å². The number of carbonyl (C=O) groups is 1. The molecule has 1 N–H and O–H groups in total. The van der Waals surface area contributed by atoms with Crippen LogP contribution in [0.25, 0.3) is 11.4 Å². The lowest BCUT2D eigenvalue weighted by Crippen LogP contribution is -2.17. The number of hydrogen-bond acceptors (Lipinski definition) is 5. The number of rotatable bonds is 6. The molecule has 3 rings (SSSR count). The van der Waals surface area contributed by atoms with E-state index in [-0.39, 0.29) is 11.8 Å². The van der Waals surface area contributed by atoms with Gasteiger partial charge < -0.3 is 14.6 Å². The molecule has 0 atom stereocenters. The fraction of sp³-hybridized carbons (Fsp3) is 0.250. The molecule has 0 saturated carbocycles. The van der Waals surface area contributed by atoms with Gasteiger partial charge in [-0.05, 0) is 30.3 Å². The summed E-state index contributed by atoms with van der Waals surface area (Å²) in [6.07, 6.45) is -10.0. The summed E-state index contributed by atoms with van der Waals surface area (Å²) in [5.74, 6) is -0.139. The second-order valence-electron chi connectivity index (χ2n) is 6.70. The lowest BCUT2D eigenvalue weighted by Gasteiger charge is -2.14. The summed E-state index contributed by atoms with van der Waals surface area (Å²) < 4.78 is 84.7. The Bertz CT molecular complexity index is 1130. The quantitative estimate of drug-likeness (QED) is 0.377. The molecular weight excluding hydrogens is 474 g/mol. The predicted octanol–water partition coefficient (Wildman–Crippen LogP) is 5.26. The molecule has 1 amide bonds. The molecule has 0 bridgehead atoms. The number of methoxy groups -OCH3 is 1. The summed E-state index contributed by atoms with van der Waals surface area (Å²) in [5.41, 5.74) is -3.00. The molecule has 0 aliphatic rings. The summed E-state index contributed by atoms with van der Waals surface area (Å²) in [4.78, 5) is 12.2. The number of alkyl halides is 6. The number of anilines is 1. The maximum Gasteiger partial charge on any atom is 0.416 e. The van der Waals surface area contributed by atoms with E-state index in [1.165, 1.54) is 7.11 Å². The van der Waals surface area contributed by atoms with Crippen LogP contribution in [0.15, 0.2) is 47.6 Å². The topological polar surface area (TPSA) is 69.0 Å². The fourth-order valence-electron chi connectivity index (χ4n) is 2.86. The molecule has 0 aliphatic carbocycles. The van der Waals surface area contributed by atoms with Gasteiger partial charge in [0.05, 0.1) is 29.6 Å². The van der Waals surface area contributed by atoms with Gasteiger partial charge in [0.25, 0.3) is 0 Å². The Kier molecular flexibility index (Phi) is 6.91. The molecule has 3 aromatic rings. The summed E-state index contributed by atoms with van der Waals surface area (Å²) in [6, 6.07) is 7.92. The minimum absolute atomic E-state index is 0.0106. The Labute approximate surface area is 188 Å². The van der Waals surface area contributed by atoms with Gasteiger partial charge in [0.2, 0.25) is 5.91 Å². The molecule has 2 aromatic carbocycles. The Hall–Kier alpha value is -3.22. The third kappa shape index (κ3) is 5.78. The fourth-order valence-corrected chi connectivity index (χ4v) is 3.57. The molecule has 0 fully saturated rings. The zero-order valence-electron chi connectivity index (χ0n) is 17.1. The van der Waals surface area contributed by atoms with E-state index >= 15 is 0 Å². The van der Waals surface area contributed by atoms with Gasteiger partial charge in [0, 0.05) is 12.7 Å². The number of hydrogen-bond donors (Lipinski definition) is 1. The average Bonchev–Trinajstić information content (AvgIpc) is 3.11. The Balaban J connectivity index is 1.75. The van der Waals surface area contributed by atoms with Crippen molar-refractivity contribution in [3.8, 4) is 17.1 Å². The van der Waals surface area contributed by atoms with Crippen molar-refractivity contribution in [3.63, 3.8) is 0 Å². The van der Waals surface area contributed by atoms with Crippen LogP contribution in [0.3, 0.4) is 0 Å². The number of nitrogens with one attached hydrogen (secondary N) is 1. The lowest BCUT2D eigenvalue weighted by molar-refractivity contribution is -0.143. The van der Waals surface area contributed by atoms with Crippen LogP contribution in [0.5, 0.6) is 5.75 Å². The second-order valence-corrected chi connectivity index (χ2v) is 7.64. The Morgan fingerprint density at radius 3 is 2.21 bits per heavy atom. The molecule has 0 spiro atoms. The highest BCUT2D eigenvalue weighted by molar-refractivity contribution is 7.99. The summed E-state index contributed by atoms with van der Waals surface area (Å²) in [7, 11) is 3.14. The number of amides is 1. The van der Waals surface area contributed by atoms with Crippen LogP contribution in [0.1, 0.15) is 11.1 Å². The minimum atomic E-state index is -5.01. The standard InChI is InChI=1S/C20H16F6N4O2S/c1-30-17(14-5-3-4-6-15(14)32-2)28-29-18(30)33-10-16(31)27-13-8-11(19(21,22)23)7-12(9-13)20(24,25)26/h3-9H,10H2,1-2H3,(H,27,31). The van der Waals surface area contributed by atoms with Gasteiger partial charge in [-0.25, -0.2) is 0 Å². The zero-order valence-corrected chi connectivity index (χ0v) is 17.9. The molecule has 0 unspecified atom stereocenters. The maximum atomic E-state index is 13.0. The third-order valence-corrected chi connectivity index (χ3v) is 5.41. The molecule has 0 radical (unpaired) electrons. The zero-order chi connectivity index (χ0) is 24.4. The van der Waals surface area contributed by atoms with Crippen LogP contribution in [0.2, 0.25) is 0 Å². The van der Waals surface area contributed by atoms with Crippen LogP contribution < -0.4 is 10.1 Å². The highest BCUT2D eigenvalue weighted by Crippen LogP contribution is 2.37. The number of ether oxygens (including phenoxy) is 1. The SMILES string of the molecule is COc1ccccc1-c1nnc(SCC(=O)Nc2cc(C(F)(F)F)cc(C(F)(F)F)c2)n1C. The van der Waals surface area contributed by atoms with Crippen molar-refractivity contribution in [2.45, 2.75) is 17.5 Å². The Morgan fingerprint density at radius 2 is 1.64 bits per heavy atom. The summed E-state index contributed by atoms with van der Waals surface area (Å²) in [5, 5.41) is 10.4. The van der Waals surface area contributed by atoms with Crippen molar-refractivity contribution >= 4 is 23.4 Å². The smallest absolute Gasteiger partial charge is 0.416 e. The van der Waals surface area contributed by atoms with Crippen molar-refractivity contribution in [3.05, 3.63) is 53.6 Å². The Morgan fingerprint density at radius 1 is 1.03 bits per heavy atom. The molecule has 13 heteroatoms. The number of thioether (sulfide) groups is 1. The average molecular weight is 490 g/mol. The van der Waals surface area contributed by atoms with Gasteiger partial charge in [0.1, 0.15) is 5.75 Å². The highest BCUT2D eigenvalue weighted by atomic mass is 32.2. The molecular formula is C20H16F6N4O2S. The van der Waals surface area contributed by atoms with Crippen molar-refractivity contribution in [2.24, 2.45) is 7.05 Å². The molecule has 176 valence electrons. The van der Waals surface area contributed by atoms with Crippen LogP contribution in [-0.4, -0.2) is 33.5 Å². The first-order chi connectivity index (χ1) is 15.4. The van der Waals surface area contributed by atoms with Crippen molar-refractivity contribution < 1.29 is 35.9 Å². The van der Waals surface area contributed by atoms with E-state index in [1.807, 2.05) is 0 Å². The number of benzene rings is 2. The summed E-state index contributed by atoms with van der Waals surface area (Å²) >= 11 is 0.915. The molecule has 6 nitrogen and oxygen atoms in total. The van der Waals surface area contributed by atoms with Gasteiger partial charge in [-0.2, -0.15) is 26.3 Å². The molecule has 0 saturated heterocycles. The van der Waals surface area contributed by atoms with Crippen molar-refractivity contribution in [1.29, 1.82) is 0 Å². The van der Waals surface area contributed by atoms with Crippen LogP contribution in [-0.2, 0) is 24.2 Å². The maximum absolute atomic E-state index is 13.0. The lowest BCUT2D eigenvalue weighted by atomic mass is 10.1. The molecule has 1 heterocycles. The number of aromatic nitrogens is 3.